The maximum atomic E-state index is 12.3. The van der Waals surface area contributed by atoms with Gasteiger partial charge in [-0.25, -0.2) is 13.1 Å². The molecule has 0 spiro atoms. The third-order valence-corrected chi connectivity index (χ3v) is 5.69. The molecule has 0 aromatic heterocycles. The highest BCUT2D eigenvalue weighted by Gasteiger charge is 2.26. The van der Waals surface area contributed by atoms with Crippen LogP contribution in [0.4, 0.5) is 5.69 Å². The van der Waals surface area contributed by atoms with Crippen molar-refractivity contribution >= 4 is 38.9 Å². The molecule has 0 aliphatic heterocycles. The lowest BCUT2D eigenvalue weighted by Crippen LogP contribution is -2.34. The Morgan fingerprint density at radius 1 is 1.25 bits per heavy atom. The van der Waals surface area contributed by atoms with Crippen LogP contribution in [-0.4, -0.2) is 15.0 Å². The number of hydrogen-bond acceptors (Lipinski definition) is 3. The second-order valence-electron chi connectivity index (χ2n) is 5.93. The summed E-state index contributed by atoms with van der Waals surface area (Å²) in [5.41, 5.74) is 5.89. The molecule has 0 fully saturated rings. The molecule has 1 atom stereocenters. The minimum absolute atomic E-state index is 0.00275. The second-order valence-corrected chi connectivity index (χ2v) is 8.45. The van der Waals surface area contributed by atoms with Crippen molar-refractivity contribution in [2.45, 2.75) is 32.6 Å². The van der Waals surface area contributed by atoms with Crippen molar-refractivity contribution in [1.29, 1.82) is 0 Å². The largest absolute Gasteiger partial charge is 0.399 e. The number of nitrogens with one attached hydrogen (secondary N) is 1. The van der Waals surface area contributed by atoms with Gasteiger partial charge in [-0.15, -0.1) is 0 Å². The number of halogens is 2. The van der Waals surface area contributed by atoms with E-state index in [0.29, 0.717) is 12.2 Å². The number of benzene rings is 1. The molecule has 3 N–H and O–H groups in total. The number of nitrogens with two attached hydrogens (primary N) is 1. The van der Waals surface area contributed by atoms with Crippen LogP contribution in [0.15, 0.2) is 17.0 Å². The highest BCUT2D eigenvalue weighted by molar-refractivity contribution is 7.89. The Hall–Kier alpha value is -0.490. The molecule has 1 aromatic carbocycles. The van der Waals surface area contributed by atoms with Crippen LogP contribution in [0.5, 0.6) is 0 Å². The maximum absolute atomic E-state index is 12.3. The standard InChI is InChI=1S/C13H20Cl2N2O2S/c1-8(13(2,3)4)7-17-20(18,19)12-10(14)5-9(16)6-11(12)15/h5-6,8,17H,7,16H2,1-4H3. The minimum Gasteiger partial charge on any atom is -0.399 e. The molecule has 0 heterocycles. The molecule has 0 amide bonds. The van der Waals surface area contributed by atoms with Gasteiger partial charge >= 0.3 is 0 Å². The van der Waals surface area contributed by atoms with Gasteiger partial charge in [-0.1, -0.05) is 50.9 Å². The Labute approximate surface area is 130 Å². The van der Waals surface area contributed by atoms with Crippen LogP contribution in [0.3, 0.4) is 0 Å². The third kappa shape index (κ3) is 4.25. The average Bonchev–Trinajstić information content (AvgIpc) is 2.22. The fourth-order valence-electron chi connectivity index (χ4n) is 1.45. The zero-order valence-electron chi connectivity index (χ0n) is 12.0. The Bertz CT molecular complexity index is 572. The van der Waals surface area contributed by atoms with Crippen molar-refractivity contribution in [3.05, 3.63) is 22.2 Å². The van der Waals surface area contributed by atoms with E-state index in [2.05, 4.69) is 25.5 Å². The van der Waals surface area contributed by atoms with Crippen LogP contribution in [0.25, 0.3) is 0 Å². The summed E-state index contributed by atoms with van der Waals surface area (Å²) in [4.78, 5) is -0.129. The van der Waals surface area contributed by atoms with Gasteiger partial charge in [-0.05, 0) is 23.5 Å². The van der Waals surface area contributed by atoms with Gasteiger partial charge in [0.1, 0.15) is 4.90 Å². The predicted molar refractivity (Wildman–Crippen MR) is 84.7 cm³/mol. The van der Waals surface area contributed by atoms with E-state index >= 15 is 0 Å². The van der Waals surface area contributed by atoms with E-state index < -0.39 is 10.0 Å². The molecule has 20 heavy (non-hydrogen) atoms. The lowest BCUT2D eigenvalue weighted by Gasteiger charge is -2.27. The maximum Gasteiger partial charge on any atom is 0.243 e. The third-order valence-electron chi connectivity index (χ3n) is 3.35. The van der Waals surface area contributed by atoms with Gasteiger partial charge < -0.3 is 5.73 Å². The van der Waals surface area contributed by atoms with Gasteiger partial charge in [0.15, 0.2) is 0 Å². The number of anilines is 1. The molecule has 7 heteroatoms. The zero-order chi connectivity index (χ0) is 15.7. The summed E-state index contributed by atoms with van der Waals surface area (Å²) < 4.78 is 27.1. The Kier molecular flexibility index (Phi) is 5.35. The van der Waals surface area contributed by atoms with Crippen LogP contribution < -0.4 is 10.5 Å². The first-order valence-corrected chi connectivity index (χ1v) is 8.43. The van der Waals surface area contributed by atoms with E-state index in [1.165, 1.54) is 12.1 Å². The Morgan fingerprint density at radius 3 is 2.10 bits per heavy atom. The summed E-state index contributed by atoms with van der Waals surface area (Å²) in [5, 5.41) is 0.0387. The SMILES string of the molecule is CC(CNS(=O)(=O)c1c(Cl)cc(N)cc1Cl)C(C)(C)C. The number of hydrogen-bond donors (Lipinski definition) is 2. The van der Waals surface area contributed by atoms with Crippen molar-refractivity contribution in [2.24, 2.45) is 11.3 Å². The van der Waals surface area contributed by atoms with E-state index in [1.807, 2.05) is 6.92 Å². The first kappa shape index (κ1) is 17.6. The van der Waals surface area contributed by atoms with E-state index in [0.717, 1.165) is 0 Å². The molecule has 0 bridgehead atoms. The molecule has 0 saturated heterocycles. The molecule has 0 aliphatic carbocycles. The molecule has 0 saturated carbocycles. The van der Waals surface area contributed by atoms with Crippen LogP contribution in [0.1, 0.15) is 27.7 Å². The Balaban J connectivity index is 3.02. The van der Waals surface area contributed by atoms with Crippen LogP contribution in [0.2, 0.25) is 10.0 Å². The lowest BCUT2D eigenvalue weighted by molar-refractivity contribution is 0.263. The first-order valence-electron chi connectivity index (χ1n) is 6.19. The average molecular weight is 339 g/mol. The van der Waals surface area contributed by atoms with E-state index in [1.54, 1.807) is 0 Å². The monoisotopic (exact) mass is 338 g/mol. The molecule has 0 aliphatic rings. The number of sulfonamides is 1. The molecule has 4 nitrogen and oxygen atoms in total. The van der Waals surface area contributed by atoms with E-state index in [4.69, 9.17) is 28.9 Å². The van der Waals surface area contributed by atoms with E-state index in [-0.39, 0.29) is 26.3 Å². The summed E-state index contributed by atoms with van der Waals surface area (Å²) in [5.74, 6) is 0.156. The second kappa shape index (κ2) is 6.10. The normalized spacial score (nSPS) is 14.3. The topological polar surface area (TPSA) is 72.2 Å². The van der Waals surface area contributed by atoms with Gasteiger partial charge in [-0.3, -0.25) is 0 Å². The summed E-state index contributed by atoms with van der Waals surface area (Å²) in [6.07, 6.45) is 0. The lowest BCUT2D eigenvalue weighted by atomic mass is 9.82. The van der Waals surface area contributed by atoms with Gasteiger partial charge in [0, 0.05) is 12.2 Å². The number of nitrogen functional groups attached to an aromatic ring is 1. The molecular formula is C13H20Cl2N2O2S. The van der Waals surface area contributed by atoms with Gasteiger partial charge in [0.2, 0.25) is 10.0 Å². The molecular weight excluding hydrogens is 319 g/mol. The fourth-order valence-corrected chi connectivity index (χ4v) is 3.81. The molecule has 1 aromatic rings. The summed E-state index contributed by atoms with van der Waals surface area (Å²) in [6, 6.07) is 2.74. The van der Waals surface area contributed by atoms with Crippen molar-refractivity contribution in [3.8, 4) is 0 Å². The smallest absolute Gasteiger partial charge is 0.243 e. The summed E-state index contributed by atoms with van der Waals surface area (Å²) >= 11 is 11.9. The highest BCUT2D eigenvalue weighted by atomic mass is 35.5. The first-order chi connectivity index (χ1) is 8.95. The van der Waals surface area contributed by atoms with Gasteiger partial charge in [-0.2, -0.15) is 0 Å². The molecule has 0 radical (unpaired) electrons. The summed E-state index contributed by atoms with van der Waals surface area (Å²) in [6.45, 7) is 8.44. The minimum atomic E-state index is -3.76. The number of rotatable bonds is 4. The van der Waals surface area contributed by atoms with Crippen molar-refractivity contribution in [2.75, 3.05) is 12.3 Å². The molecule has 114 valence electrons. The van der Waals surface area contributed by atoms with Gasteiger partial charge in [0.05, 0.1) is 10.0 Å². The zero-order valence-corrected chi connectivity index (χ0v) is 14.3. The van der Waals surface area contributed by atoms with Crippen LogP contribution in [0, 0.1) is 11.3 Å². The Morgan fingerprint density at radius 2 is 1.70 bits per heavy atom. The highest BCUT2D eigenvalue weighted by Crippen LogP contribution is 2.32. The van der Waals surface area contributed by atoms with Crippen molar-refractivity contribution < 1.29 is 8.42 Å². The predicted octanol–water partition coefficient (Wildman–Crippen LogP) is 3.54. The van der Waals surface area contributed by atoms with Gasteiger partial charge in [0.25, 0.3) is 0 Å². The quantitative estimate of drug-likeness (QED) is 0.824. The van der Waals surface area contributed by atoms with Crippen LogP contribution in [-0.2, 0) is 10.0 Å². The van der Waals surface area contributed by atoms with E-state index in [9.17, 15) is 8.42 Å². The fraction of sp³-hybridized carbons (Fsp3) is 0.538. The molecule has 1 rings (SSSR count). The van der Waals surface area contributed by atoms with Crippen molar-refractivity contribution in [1.82, 2.24) is 4.72 Å². The molecule has 1 unspecified atom stereocenters. The summed E-state index contributed by atoms with van der Waals surface area (Å²) in [7, 11) is -3.76. The van der Waals surface area contributed by atoms with Crippen LogP contribution >= 0.6 is 23.2 Å². The van der Waals surface area contributed by atoms with Crippen molar-refractivity contribution in [3.63, 3.8) is 0 Å².